The molecule has 0 aromatic heterocycles. The fraction of sp³-hybridized carbons (Fsp3) is 0.867. The summed E-state index contributed by atoms with van der Waals surface area (Å²) in [7, 11) is 1.89. The summed E-state index contributed by atoms with van der Waals surface area (Å²) in [6.07, 6.45) is 8.53. The first-order valence-electron chi connectivity index (χ1n) is 13.8. The van der Waals surface area contributed by atoms with Crippen LogP contribution >= 0.6 is 0 Å². The summed E-state index contributed by atoms with van der Waals surface area (Å²) in [5, 5.41) is 22.1. The van der Waals surface area contributed by atoms with Gasteiger partial charge in [0, 0.05) is 12.5 Å². The maximum absolute atomic E-state index is 11.5. The molecule has 3 nitrogen and oxygen atoms in total. The third-order valence-corrected chi connectivity index (χ3v) is 11.5. The minimum absolute atomic E-state index is 0.0594. The van der Waals surface area contributed by atoms with Crippen LogP contribution in [0.25, 0.3) is 0 Å². The fourth-order valence-electron chi connectivity index (χ4n) is 8.93. The number of methoxy groups -OCH3 is 1. The van der Waals surface area contributed by atoms with Crippen LogP contribution in [0.3, 0.4) is 0 Å². The van der Waals surface area contributed by atoms with Crippen molar-refractivity contribution in [2.24, 2.45) is 40.4 Å². The van der Waals surface area contributed by atoms with E-state index in [1.54, 1.807) is 0 Å². The van der Waals surface area contributed by atoms with Gasteiger partial charge in [-0.2, -0.15) is 0 Å². The number of rotatable bonds is 6. The van der Waals surface area contributed by atoms with Crippen molar-refractivity contribution in [2.75, 3.05) is 7.11 Å². The molecule has 188 valence electrons. The van der Waals surface area contributed by atoms with E-state index in [0.717, 1.165) is 62.4 Å². The zero-order valence-electron chi connectivity index (χ0n) is 22.4. The predicted octanol–water partition coefficient (Wildman–Crippen LogP) is 6.68. The molecular weight excluding hydrogens is 408 g/mol. The molecule has 2 N–H and O–H groups in total. The monoisotopic (exact) mass is 458 g/mol. The van der Waals surface area contributed by atoms with E-state index in [4.69, 9.17) is 4.74 Å². The Morgan fingerprint density at radius 2 is 1.70 bits per heavy atom. The van der Waals surface area contributed by atoms with Gasteiger partial charge in [0.1, 0.15) is 0 Å². The lowest BCUT2D eigenvalue weighted by molar-refractivity contribution is -0.152. The van der Waals surface area contributed by atoms with Gasteiger partial charge in [0.15, 0.2) is 0 Å². The van der Waals surface area contributed by atoms with Crippen LogP contribution in [0.4, 0.5) is 0 Å². The predicted molar refractivity (Wildman–Crippen MR) is 136 cm³/mol. The van der Waals surface area contributed by atoms with E-state index < -0.39 is 0 Å². The van der Waals surface area contributed by atoms with E-state index in [-0.39, 0.29) is 28.6 Å². The summed E-state index contributed by atoms with van der Waals surface area (Å²) in [4.78, 5) is 0. The smallest absolute Gasteiger partial charge is 0.0950 e. The van der Waals surface area contributed by atoms with Gasteiger partial charge >= 0.3 is 0 Å². The molecule has 4 aliphatic rings. The Bertz CT molecular complexity index is 798. The molecule has 0 unspecified atom stereocenters. The number of hydrogen-bond acceptors (Lipinski definition) is 3. The van der Waals surface area contributed by atoms with Gasteiger partial charge in [-0.15, -0.1) is 0 Å². The van der Waals surface area contributed by atoms with Crippen LogP contribution in [0, 0.1) is 40.4 Å². The third kappa shape index (κ3) is 3.62. The Balaban J connectivity index is 1.69. The van der Waals surface area contributed by atoms with Crippen LogP contribution in [0.15, 0.2) is 23.3 Å². The summed E-state index contributed by atoms with van der Waals surface area (Å²) in [5.74, 6) is 2.94. The quantitative estimate of drug-likeness (QED) is 0.436. The molecule has 0 heterocycles. The van der Waals surface area contributed by atoms with Gasteiger partial charge in [0.05, 0.1) is 17.8 Å². The molecule has 0 saturated heterocycles. The van der Waals surface area contributed by atoms with Crippen molar-refractivity contribution in [1.82, 2.24) is 0 Å². The van der Waals surface area contributed by atoms with Crippen molar-refractivity contribution in [2.45, 2.75) is 117 Å². The molecule has 0 aromatic rings. The normalized spacial score (nSPS) is 45.0. The standard InChI is InChI=1S/C30H50O3/c1-18(2)19(3)9-10-20(4)24-17-26(32)27-23-12-11-22-21(5)25(31)13-14-29(22,7)30(23,33-8)16-15-28(24,27)6/h18-20,22,24-26,31-32H,5,9-17H2,1-4,6-8H3/t19-,20-,22+,24-,25+,26-,28-,29+,30-/m1/s1. The van der Waals surface area contributed by atoms with E-state index in [9.17, 15) is 10.2 Å². The van der Waals surface area contributed by atoms with Crippen molar-refractivity contribution in [3.05, 3.63) is 23.3 Å². The zero-order valence-corrected chi connectivity index (χ0v) is 22.4. The minimum atomic E-state index is -0.379. The van der Waals surface area contributed by atoms with E-state index in [1.165, 1.54) is 24.0 Å². The van der Waals surface area contributed by atoms with Crippen molar-refractivity contribution in [3.63, 3.8) is 0 Å². The second kappa shape index (κ2) is 8.79. The highest BCUT2D eigenvalue weighted by Gasteiger charge is 2.65. The van der Waals surface area contributed by atoms with Crippen LogP contribution in [0.1, 0.15) is 99.3 Å². The van der Waals surface area contributed by atoms with Gasteiger partial charge in [0.2, 0.25) is 0 Å². The molecule has 9 atom stereocenters. The average molecular weight is 459 g/mol. The summed E-state index contributed by atoms with van der Waals surface area (Å²) in [6.45, 7) is 18.7. The van der Waals surface area contributed by atoms with Gasteiger partial charge < -0.3 is 14.9 Å². The van der Waals surface area contributed by atoms with Crippen LogP contribution in [0.5, 0.6) is 0 Å². The van der Waals surface area contributed by atoms with Crippen molar-refractivity contribution in [1.29, 1.82) is 0 Å². The van der Waals surface area contributed by atoms with E-state index in [0.29, 0.717) is 17.8 Å². The van der Waals surface area contributed by atoms with E-state index in [2.05, 4.69) is 48.1 Å². The molecule has 0 bridgehead atoms. The van der Waals surface area contributed by atoms with Gasteiger partial charge in [-0.05, 0) is 96.7 Å². The highest BCUT2D eigenvalue weighted by molar-refractivity contribution is 5.44. The van der Waals surface area contributed by atoms with Gasteiger partial charge in [-0.25, -0.2) is 0 Å². The molecule has 4 aliphatic carbocycles. The highest BCUT2D eigenvalue weighted by Crippen LogP contribution is 2.68. The Morgan fingerprint density at radius 3 is 2.33 bits per heavy atom. The van der Waals surface area contributed by atoms with E-state index >= 15 is 0 Å². The van der Waals surface area contributed by atoms with Gasteiger partial charge in [0.25, 0.3) is 0 Å². The van der Waals surface area contributed by atoms with Crippen molar-refractivity contribution in [3.8, 4) is 0 Å². The van der Waals surface area contributed by atoms with Crippen LogP contribution in [0.2, 0.25) is 0 Å². The summed E-state index contributed by atoms with van der Waals surface area (Å²) >= 11 is 0. The molecule has 0 radical (unpaired) electrons. The first-order chi connectivity index (χ1) is 15.4. The Hall–Kier alpha value is -0.640. The molecule has 0 aromatic carbocycles. The Kier molecular flexibility index (Phi) is 6.78. The second-order valence-corrected chi connectivity index (χ2v) is 13.1. The number of aliphatic hydroxyl groups excluding tert-OH is 2. The van der Waals surface area contributed by atoms with Crippen molar-refractivity contribution < 1.29 is 14.9 Å². The lowest BCUT2D eigenvalue weighted by Crippen LogP contribution is -2.61. The molecule has 4 rings (SSSR count). The van der Waals surface area contributed by atoms with Crippen LogP contribution in [-0.4, -0.2) is 35.1 Å². The molecule has 3 fully saturated rings. The number of aliphatic hydroxyl groups is 2. The zero-order chi connectivity index (χ0) is 24.3. The molecule has 33 heavy (non-hydrogen) atoms. The molecule has 0 spiro atoms. The summed E-state index contributed by atoms with van der Waals surface area (Å²) < 4.78 is 6.55. The average Bonchev–Trinajstić information content (AvgIpc) is 3.05. The first kappa shape index (κ1) is 25.5. The Labute approximate surface area is 203 Å². The van der Waals surface area contributed by atoms with Crippen molar-refractivity contribution >= 4 is 0 Å². The lowest BCUT2D eigenvalue weighted by Gasteiger charge is -2.63. The largest absolute Gasteiger partial charge is 0.389 e. The highest BCUT2D eigenvalue weighted by atomic mass is 16.5. The molecule has 0 aliphatic heterocycles. The fourth-order valence-corrected chi connectivity index (χ4v) is 8.93. The second-order valence-electron chi connectivity index (χ2n) is 13.1. The minimum Gasteiger partial charge on any atom is -0.389 e. The lowest BCUT2D eigenvalue weighted by atomic mass is 9.45. The maximum atomic E-state index is 11.5. The SMILES string of the molecule is C=C1[C@@H](O)CC[C@@]2(C)[C@H]1CCC1=C3[C@H](O)C[C@H]([C@H](C)CC[C@@H](C)C(C)C)[C@@]3(C)CC[C@@]12OC. The first-order valence-corrected chi connectivity index (χ1v) is 13.8. The maximum Gasteiger partial charge on any atom is 0.0950 e. The summed E-state index contributed by atoms with van der Waals surface area (Å²) in [6, 6.07) is 0. The topological polar surface area (TPSA) is 49.7 Å². The molecule has 3 heteroatoms. The number of hydrogen-bond donors (Lipinski definition) is 2. The molecule has 3 saturated carbocycles. The number of ether oxygens (including phenoxy) is 1. The van der Waals surface area contributed by atoms with Crippen LogP contribution < -0.4 is 0 Å². The summed E-state index contributed by atoms with van der Waals surface area (Å²) in [5.41, 5.74) is 3.44. The van der Waals surface area contributed by atoms with Gasteiger partial charge in [-0.1, -0.05) is 61.0 Å². The number of fused-ring (bicyclic) bond motifs is 4. The Morgan fingerprint density at radius 1 is 1.00 bits per heavy atom. The molecular formula is C30H50O3. The van der Waals surface area contributed by atoms with E-state index in [1.807, 2.05) is 7.11 Å². The van der Waals surface area contributed by atoms with Gasteiger partial charge in [-0.3, -0.25) is 0 Å². The molecule has 0 amide bonds. The third-order valence-electron chi connectivity index (χ3n) is 11.5. The van der Waals surface area contributed by atoms with Crippen LogP contribution in [-0.2, 0) is 4.74 Å².